The van der Waals surface area contributed by atoms with Crippen LogP contribution in [0.2, 0.25) is 0 Å². The summed E-state index contributed by atoms with van der Waals surface area (Å²) in [6.45, 7) is 5.91. The van der Waals surface area contributed by atoms with Crippen molar-refractivity contribution in [3.63, 3.8) is 0 Å². The first-order valence-corrected chi connectivity index (χ1v) is 9.92. The van der Waals surface area contributed by atoms with E-state index in [1.165, 1.54) is 4.88 Å². The van der Waals surface area contributed by atoms with Crippen LogP contribution in [0.3, 0.4) is 0 Å². The number of halogens is 1. The van der Waals surface area contributed by atoms with Crippen LogP contribution in [0.1, 0.15) is 36.3 Å². The van der Waals surface area contributed by atoms with Gasteiger partial charge in [-0.05, 0) is 36.6 Å². The molecule has 0 amide bonds. The Bertz CT molecular complexity index is 725. The number of aliphatic hydroxyl groups is 1. The number of hydrogen-bond acceptors (Lipinski definition) is 5. The largest absolute Gasteiger partial charge is 0.497 e. The van der Waals surface area contributed by atoms with Crippen LogP contribution < -0.4 is 20.1 Å². The number of nitrogens with one attached hydrogen (secondary N) is 2. The molecule has 0 spiro atoms. The Morgan fingerprint density at radius 1 is 1.21 bits per heavy atom. The lowest BCUT2D eigenvalue weighted by Gasteiger charge is -2.18. The standard InChI is InChI=1S/C20H29N3O3S.HI/c1-5-21-20(22-12-14(2)19-7-6-10-27-19)23-13-17(24)16-11-15(25-3)8-9-18(16)26-4;/h6-11,14,17,24H,5,12-13H2,1-4H3,(H2,21,22,23);1H. The van der Waals surface area contributed by atoms with E-state index in [2.05, 4.69) is 40.1 Å². The third kappa shape index (κ3) is 7.14. The van der Waals surface area contributed by atoms with Gasteiger partial charge in [-0.2, -0.15) is 0 Å². The Labute approximate surface area is 188 Å². The topological polar surface area (TPSA) is 75.1 Å². The van der Waals surface area contributed by atoms with E-state index in [1.807, 2.05) is 6.92 Å². The second-order valence-electron chi connectivity index (χ2n) is 6.14. The SMILES string of the molecule is CCNC(=NCC(C)c1cccs1)NCC(O)c1cc(OC)ccc1OC.I. The van der Waals surface area contributed by atoms with Crippen LogP contribution in [-0.4, -0.2) is 44.9 Å². The molecule has 0 aliphatic carbocycles. The van der Waals surface area contributed by atoms with Crippen LogP contribution in [0, 0.1) is 0 Å². The summed E-state index contributed by atoms with van der Waals surface area (Å²) in [5.41, 5.74) is 0.673. The molecule has 0 fully saturated rings. The number of hydrogen-bond donors (Lipinski definition) is 3. The van der Waals surface area contributed by atoms with Gasteiger partial charge in [0, 0.05) is 29.4 Å². The van der Waals surface area contributed by atoms with E-state index in [0.29, 0.717) is 42.0 Å². The van der Waals surface area contributed by atoms with Gasteiger partial charge in [0.2, 0.25) is 0 Å². The van der Waals surface area contributed by atoms with Gasteiger partial charge in [-0.15, -0.1) is 35.3 Å². The second kappa shape index (κ2) is 12.8. The van der Waals surface area contributed by atoms with Crippen molar-refractivity contribution in [3.05, 3.63) is 46.2 Å². The van der Waals surface area contributed by atoms with Gasteiger partial charge in [0.1, 0.15) is 11.5 Å². The molecule has 1 heterocycles. The number of guanidine groups is 1. The zero-order valence-electron chi connectivity index (χ0n) is 16.8. The average molecular weight is 519 g/mol. The minimum atomic E-state index is -0.756. The first kappa shape index (κ1) is 24.5. The molecule has 28 heavy (non-hydrogen) atoms. The first-order chi connectivity index (χ1) is 13.1. The lowest BCUT2D eigenvalue weighted by atomic mass is 10.1. The van der Waals surface area contributed by atoms with Crippen molar-refractivity contribution in [1.82, 2.24) is 10.6 Å². The van der Waals surface area contributed by atoms with E-state index in [9.17, 15) is 5.11 Å². The third-order valence-corrected chi connectivity index (χ3v) is 5.26. The van der Waals surface area contributed by atoms with Gasteiger partial charge in [0.15, 0.2) is 5.96 Å². The van der Waals surface area contributed by atoms with Crippen molar-refractivity contribution < 1.29 is 14.6 Å². The van der Waals surface area contributed by atoms with Crippen LogP contribution >= 0.6 is 35.3 Å². The molecule has 1 aromatic heterocycles. The number of methoxy groups -OCH3 is 2. The molecular weight excluding hydrogens is 489 g/mol. The molecule has 2 rings (SSSR count). The second-order valence-corrected chi connectivity index (χ2v) is 7.12. The zero-order valence-corrected chi connectivity index (χ0v) is 19.9. The van der Waals surface area contributed by atoms with Crippen LogP contribution in [0.25, 0.3) is 0 Å². The molecule has 2 atom stereocenters. The summed E-state index contributed by atoms with van der Waals surface area (Å²) in [5.74, 6) is 2.33. The molecule has 0 aliphatic heterocycles. The maximum Gasteiger partial charge on any atom is 0.191 e. The van der Waals surface area contributed by atoms with Gasteiger partial charge in [-0.25, -0.2) is 0 Å². The minimum Gasteiger partial charge on any atom is -0.497 e. The highest BCUT2D eigenvalue weighted by Crippen LogP contribution is 2.29. The number of aliphatic imine (C=N–C) groups is 1. The fourth-order valence-corrected chi connectivity index (χ4v) is 3.41. The van der Waals surface area contributed by atoms with Gasteiger partial charge in [0.05, 0.1) is 26.9 Å². The summed E-state index contributed by atoms with van der Waals surface area (Å²) in [6.07, 6.45) is -0.756. The number of ether oxygens (including phenoxy) is 2. The predicted molar refractivity (Wildman–Crippen MR) is 127 cm³/mol. The van der Waals surface area contributed by atoms with Crippen LogP contribution in [0.4, 0.5) is 0 Å². The highest BCUT2D eigenvalue weighted by molar-refractivity contribution is 14.0. The van der Waals surface area contributed by atoms with E-state index in [4.69, 9.17) is 9.47 Å². The maximum atomic E-state index is 10.6. The molecule has 0 saturated heterocycles. The van der Waals surface area contributed by atoms with E-state index < -0.39 is 6.10 Å². The number of benzene rings is 1. The van der Waals surface area contributed by atoms with E-state index in [0.717, 1.165) is 6.54 Å². The molecule has 6 nitrogen and oxygen atoms in total. The van der Waals surface area contributed by atoms with Crippen LogP contribution in [0.5, 0.6) is 11.5 Å². The third-order valence-electron chi connectivity index (χ3n) is 4.16. The van der Waals surface area contributed by atoms with Gasteiger partial charge >= 0.3 is 0 Å². The van der Waals surface area contributed by atoms with Gasteiger partial charge < -0.3 is 25.2 Å². The number of rotatable bonds is 9. The van der Waals surface area contributed by atoms with Crippen molar-refractivity contribution in [3.8, 4) is 11.5 Å². The van der Waals surface area contributed by atoms with Crippen molar-refractivity contribution in [2.75, 3.05) is 33.9 Å². The van der Waals surface area contributed by atoms with E-state index in [-0.39, 0.29) is 24.0 Å². The summed E-state index contributed by atoms with van der Waals surface area (Å²) >= 11 is 1.74. The average Bonchev–Trinajstić information content (AvgIpc) is 3.24. The Kier molecular flexibility index (Phi) is 11.2. The molecule has 0 aliphatic rings. The van der Waals surface area contributed by atoms with Crippen molar-refractivity contribution >= 4 is 41.3 Å². The Morgan fingerprint density at radius 2 is 2.00 bits per heavy atom. The lowest BCUT2D eigenvalue weighted by Crippen LogP contribution is -2.39. The molecule has 156 valence electrons. The molecule has 3 N–H and O–H groups in total. The Balaban J connectivity index is 0.00000392. The molecule has 2 aromatic rings. The predicted octanol–water partition coefficient (Wildman–Crippen LogP) is 3.78. The summed E-state index contributed by atoms with van der Waals surface area (Å²) in [5, 5.41) is 19.1. The maximum absolute atomic E-state index is 10.6. The first-order valence-electron chi connectivity index (χ1n) is 9.04. The Hall–Kier alpha value is -1.52. The summed E-state index contributed by atoms with van der Waals surface area (Å²) in [6, 6.07) is 9.57. The molecule has 0 saturated carbocycles. The lowest BCUT2D eigenvalue weighted by molar-refractivity contribution is 0.176. The molecule has 0 bridgehead atoms. The van der Waals surface area contributed by atoms with Gasteiger partial charge in [-0.1, -0.05) is 13.0 Å². The Morgan fingerprint density at radius 3 is 2.61 bits per heavy atom. The van der Waals surface area contributed by atoms with Gasteiger partial charge in [0.25, 0.3) is 0 Å². The number of aliphatic hydroxyl groups excluding tert-OH is 1. The summed E-state index contributed by atoms with van der Waals surface area (Å²) in [7, 11) is 3.18. The minimum absolute atomic E-state index is 0. The smallest absolute Gasteiger partial charge is 0.191 e. The fourth-order valence-electron chi connectivity index (χ4n) is 2.63. The van der Waals surface area contributed by atoms with Crippen molar-refractivity contribution in [2.24, 2.45) is 4.99 Å². The quantitative estimate of drug-likeness (QED) is 0.267. The fraction of sp³-hybridized carbons (Fsp3) is 0.450. The van der Waals surface area contributed by atoms with E-state index >= 15 is 0 Å². The summed E-state index contributed by atoms with van der Waals surface area (Å²) < 4.78 is 10.6. The molecule has 0 radical (unpaired) electrons. The van der Waals surface area contributed by atoms with Crippen molar-refractivity contribution in [1.29, 1.82) is 0 Å². The summed E-state index contributed by atoms with van der Waals surface area (Å²) in [4.78, 5) is 5.96. The zero-order chi connectivity index (χ0) is 19.6. The normalized spacial score (nSPS) is 13.2. The highest BCUT2D eigenvalue weighted by atomic mass is 127. The number of nitrogens with zero attached hydrogens (tertiary/aromatic N) is 1. The van der Waals surface area contributed by atoms with Crippen molar-refractivity contribution in [2.45, 2.75) is 25.9 Å². The monoisotopic (exact) mass is 519 g/mol. The highest BCUT2D eigenvalue weighted by Gasteiger charge is 2.15. The molecule has 2 unspecified atom stereocenters. The van der Waals surface area contributed by atoms with Gasteiger partial charge in [-0.3, -0.25) is 4.99 Å². The van der Waals surface area contributed by atoms with Crippen LogP contribution in [0.15, 0.2) is 40.7 Å². The number of thiophene rings is 1. The van der Waals surface area contributed by atoms with E-state index in [1.54, 1.807) is 43.8 Å². The van der Waals surface area contributed by atoms with Crippen LogP contribution in [-0.2, 0) is 0 Å². The molecule has 1 aromatic carbocycles. The molecule has 8 heteroatoms. The molecular formula is C20H30IN3O3S.